The van der Waals surface area contributed by atoms with E-state index in [1.54, 1.807) is 0 Å². The summed E-state index contributed by atoms with van der Waals surface area (Å²) in [5.74, 6) is 0. The van der Waals surface area contributed by atoms with Crippen molar-refractivity contribution < 1.29 is 4.42 Å². The van der Waals surface area contributed by atoms with Gasteiger partial charge in [-0.1, -0.05) is 146 Å². The smallest absolute Gasteiger partial charge is 0.143 e. The zero-order chi connectivity index (χ0) is 36.3. The molecule has 258 valence electrons. The Bertz CT molecular complexity index is 3190. The molecule has 0 amide bonds. The molecule has 0 aliphatic rings. The summed E-state index contributed by atoms with van der Waals surface area (Å²) in [6, 6.07) is 72.1. The van der Waals surface area contributed by atoms with Gasteiger partial charge in [0.2, 0.25) is 0 Å². The van der Waals surface area contributed by atoms with Crippen LogP contribution in [0.5, 0.6) is 0 Å². The van der Waals surface area contributed by atoms with E-state index >= 15 is 0 Å². The van der Waals surface area contributed by atoms with Crippen LogP contribution in [0.25, 0.3) is 86.3 Å². The van der Waals surface area contributed by atoms with Gasteiger partial charge in [0.05, 0.1) is 5.69 Å². The molecule has 0 bridgehead atoms. The lowest BCUT2D eigenvalue weighted by Crippen LogP contribution is -2.11. The summed E-state index contributed by atoms with van der Waals surface area (Å²) in [5, 5.41) is 7.18. The predicted octanol–water partition coefficient (Wildman–Crippen LogP) is 15.6. The number of para-hydroxylation sites is 1. The van der Waals surface area contributed by atoms with Crippen LogP contribution in [0.15, 0.2) is 205 Å². The third kappa shape index (κ3) is 5.24. The summed E-state index contributed by atoms with van der Waals surface area (Å²) in [4.78, 5) is 2.39. The molecule has 0 radical (unpaired) electrons. The predicted molar refractivity (Wildman–Crippen MR) is 235 cm³/mol. The third-order valence-electron chi connectivity index (χ3n) is 10.9. The van der Waals surface area contributed by atoms with Crippen LogP contribution in [0.1, 0.15) is 0 Å². The molecule has 9 aromatic carbocycles. The number of hydrogen-bond acceptors (Lipinski definition) is 3. The minimum atomic E-state index is 0.886. The lowest BCUT2D eigenvalue weighted by atomic mass is 9.95. The zero-order valence-corrected chi connectivity index (χ0v) is 30.6. The molecule has 0 saturated carbocycles. The van der Waals surface area contributed by atoms with Crippen molar-refractivity contribution in [2.45, 2.75) is 0 Å². The van der Waals surface area contributed by atoms with E-state index in [1.165, 1.54) is 47.8 Å². The highest BCUT2D eigenvalue weighted by Crippen LogP contribution is 2.47. The molecule has 11 rings (SSSR count). The molecule has 55 heavy (non-hydrogen) atoms. The lowest BCUT2D eigenvalue weighted by Gasteiger charge is -2.28. The molecule has 0 fully saturated rings. The van der Waals surface area contributed by atoms with E-state index in [0.29, 0.717) is 0 Å². The Balaban J connectivity index is 1.09. The van der Waals surface area contributed by atoms with E-state index < -0.39 is 0 Å². The maximum absolute atomic E-state index is 6.65. The summed E-state index contributed by atoms with van der Waals surface area (Å²) >= 11 is 1.86. The fourth-order valence-corrected chi connectivity index (χ4v) is 9.47. The second-order valence-corrected chi connectivity index (χ2v) is 15.1. The molecule has 0 spiro atoms. The zero-order valence-electron chi connectivity index (χ0n) is 29.8. The van der Waals surface area contributed by atoms with Crippen molar-refractivity contribution in [1.82, 2.24) is 0 Å². The molecule has 0 aliphatic carbocycles. The summed E-state index contributed by atoms with van der Waals surface area (Å²) < 4.78 is 9.27. The van der Waals surface area contributed by atoms with Crippen LogP contribution in [0, 0.1) is 0 Å². The largest absolute Gasteiger partial charge is 0.455 e. The molecule has 3 heteroatoms. The molecule has 0 N–H and O–H groups in total. The van der Waals surface area contributed by atoms with Crippen molar-refractivity contribution in [2.24, 2.45) is 0 Å². The number of rotatable bonds is 6. The third-order valence-corrected chi connectivity index (χ3v) is 12.0. The van der Waals surface area contributed by atoms with Crippen LogP contribution < -0.4 is 4.90 Å². The number of anilines is 3. The van der Waals surface area contributed by atoms with Crippen LogP contribution in [0.4, 0.5) is 17.1 Å². The number of nitrogens with zero attached hydrogens (tertiary/aromatic N) is 1. The Kier molecular flexibility index (Phi) is 7.39. The highest BCUT2D eigenvalue weighted by atomic mass is 32.1. The molecule has 0 saturated heterocycles. The summed E-state index contributed by atoms with van der Waals surface area (Å²) in [5.41, 5.74) is 12.2. The number of fused-ring (bicyclic) bond motifs is 8. The van der Waals surface area contributed by atoms with Gasteiger partial charge in [-0.25, -0.2) is 0 Å². The molecule has 0 unspecified atom stereocenters. The topological polar surface area (TPSA) is 16.4 Å². The van der Waals surface area contributed by atoms with Gasteiger partial charge in [-0.15, -0.1) is 11.3 Å². The number of hydrogen-bond donors (Lipinski definition) is 0. The first kappa shape index (κ1) is 31.6. The van der Waals surface area contributed by atoms with Crippen LogP contribution in [-0.4, -0.2) is 0 Å². The average Bonchev–Trinajstić information content (AvgIpc) is 3.84. The lowest BCUT2D eigenvalue weighted by molar-refractivity contribution is 0.673. The monoisotopic (exact) mass is 719 g/mol. The second-order valence-electron chi connectivity index (χ2n) is 14.0. The van der Waals surface area contributed by atoms with E-state index in [1.807, 2.05) is 11.3 Å². The number of furan rings is 1. The Morgan fingerprint density at radius 2 is 0.982 bits per heavy atom. The first-order valence-corrected chi connectivity index (χ1v) is 19.5. The molecule has 0 atom stereocenters. The van der Waals surface area contributed by atoms with Crippen molar-refractivity contribution in [3.63, 3.8) is 0 Å². The van der Waals surface area contributed by atoms with Gasteiger partial charge in [-0.05, 0) is 87.8 Å². The highest BCUT2D eigenvalue weighted by molar-refractivity contribution is 7.25. The quantitative estimate of drug-likeness (QED) is 0.170. The Morgan fingerprint density at radius 1 is 0.364 bits per heavy atom. The van der Waals surface area contributed by atoms with Gasteiger partial charge in [-0.2, -0.15) is 0 Å². The van der Waals surface area contributed by atoms with Crippen LogP contribution in [0.2, 0.25) is 0 Å². The van der Waals surface area contributed by atoms with Crippen molar-refractivity contribution in [3.05, 3.63) is 200 Å². The van der Waals surface area contributed by atoms with Crippen LogP contribution >= 0.6 is 11.3 Å². The molecule has 11 aromatic rings. The fourth-order valence-electron chi connectivity index (χ4n) is 8.34. The molecular formula is C52H33NOS. The Labute approximate surface area is 322 Å². The van der Waals surface area contributed by atoms with Gasteiger partial charge in [-0.3, -0.25) is 0 Å². The maximum atomic E-state index is 6.65. The summed E-state index contributed by atoms with van der Waals surface area (Å²) in [7, 11) is 0. The van der Waals surface area contributed by atoms with Gasteiger partial charge in [0, 0.05) is 53.3 Å². The van der Waals surface area contributed by atoms with E-state index in [4.69, 9.17) is 4.42 Å². The summed E-state index contributed by atoms with van der Waals surface area (Å²) in [6.07, 6.45) is 0. The fraction of sp³-hybridized carbons (Fsp3) is 0. The normalized spacial score (nSPS) is 11.6. The van der Waals surface area contributed by atoms with Gasteiger partial charge in [0.1, 0.15) is 11.2 Å². The van der Waals surface area contributed by atoms with Gasteiger partial charge >= 0.3 is 0 Å². The van der Waals surface area contributed by atoms with E-state index in [9.17, 15) is 0 Å². The maximum Gasteiger partial charge on any atom is 0.143 e. The van der Waals surface area contributed by atoms with Crippen molar-refractivity contribution >= 4 is 81.3 Å². The Hall–Kier alpha value is -6.94. The standard InChI is InChI=1S/C52H33NOS/c1-2-12-34(13-3-1)35-24-29-38(30-25-35)53(39-31-26-37(27-32-39)40-18-11-23-49-51(40)44-17-7-9-22-48(44)55-49)46-20-8-6-16-42(46)43-19-10-21-47-50(43)45-33-28-36-14-4-5-15-41(36)52(45)54-47/h1-33H. The highest BCUT2D eigenvalue weighted by Gasteiger charge is 2.21. The van der Waals surface area contributed by atoms with Gasteiger partial charge in [0.25, 0.3) is 0 Å². The molecule has 2 aromatic heterocycles. The minimum Gasteiger partial charge on any atom is -0.455 e. The van der Waals surface area contributed by atoms with E-state index in [-0.39, 0.29) is 0 Å². The average molecular weight is 720 g/mol. The molecule has 0 aliphatic heterocycles. The molecule has 2 heterocycles. The van der Waals surface area contributed by atoms with E-state index in [0.717, 1.165) is 55.5 Å². The number of benzene rings is 9. The first-order valence-electron chi connectivity index (χ1n) is 18.7. The van der Waals surface area contributed by atoms with Crippen molar-refractivity contribution in [1.29, 1.82) is 0 Å². The first-order chi connectivity index (χ1) is 27.3. The van der Waals surface area contributed by atoms with Crippen molar-refractivity contribution in [3.8, 4) is 33.4 Å². The molecule has 2 nitrogen and oxygen atoms in total. The van der Waals surface area contributed by atoms with E-state index in [2.05, 4.69) is 205 Å². The van der Waals surface area contributed by atoms with Crippen molar-refractivity contribution in [2.75, 3.05) is 4.90 Å². The Morgan fingerprint density at radius 3 is 1.82 bits per heavy atom. The van der Waals surface area contributed by atoms with Crippen LogP contribution in [-0.2, 0) is 0 Å². The second kappa shape index (κ2) is 12.9. The van der Waals surface area contributed by atoms with Gasteiger partial charge in [0.15, 0.2) is 0 Å². The van der Waals surface area contributed by atoms with Gasteiger partial charge < -0.3 is 9.32 Å². The molecular weight excluding hydrogens is 687 g/mol. The number of thiophene rings is 1. The minimum absolute atomic E-state index is 0.886. The van der Waals surface area contributed by atoms with Crippen LogP contribution in [0.3, 0.4) is 0 Å². The SMILES string of the molecule is c1ccc(-c2ccc(N(c3ccc(-c4cccc5sc6ccccc6c45)cc3)c3ccccc3-c3cccc4oc5c6ccccc6ccc5c34)cc2)cc1. The summed E-state index contributed by atoms with van der Waals surface area (Å²) in [6.45, 7) is 0.